The van der Waals surface area contributed by atoms with Gasteiger partial charge in [0.1, 0.15) is 11.6 Å². The summed E-state index contributed by atoms with van der Waals surface area (Å²) in [5.74, 6) is -0.0948. The monoisotopic (exact) mass is 457 g/mol. The Morgan fingerprint density at radius 3 is 2.81 bits per heavy atom. The van der Waals surface area contributed by atoms with Crippen LogP contribution in [0.25, 0.3) is 10.9 Å². The number of benzene rings is 2. The normalized spacial score (nSPS) is 11.0. The molecule has 0 aliphatic carbocycles. The number of nitrogens with zero attached hydrogens (tertiary/aromatic N) is 2. The Kier molecular flexibility index (Phi) is 6.39. The molecule has 1 amide bonds. The Bertz CT molecular complexity index is 1290. The highest BCUT2D eigenvalue weighted by molar-refractivity contribution is 7.99. The summed E-state index contributed by atoms with van der Waals surface area (Å²) in [4.78, 5) is 29.9. The van der Waals surface area contributed by atoms with Crippen LogP contribution in [0.3, 0.4) is 0 Å². The molecule has 6 nitrogen and oxygen atoms in total. The number of furan rings is 1. The highest BCUT2D eigenvalue weighted by atomic mass is 35.5. The van der Waals surface area contributed by atoms with E-state index < -0.39 is 0 Å². The topological polar surface area (TPSA) is 77.1 Å². The molecular formula is C22H17ClFN3O3S. The minimum absolute atomic E-state index is 0.00508. The lowest BCUT2D eigenvalue weighted by Gasteiger charge is -2.12. The first-order chi connectivity index (χ1) is 15.0. The Morgan fingerprint density at radius 2 is 2.03 bits per heavy atom. The van der Waals surface area contributed by atoms with Gasteiger partial charge < -0.3 is 9.73 Å². The van der Waals surface area contributed by atoms with Gasteiger partial charge in [-0.1, -0.05) is 41.6 Å². The summed E-state index contributed by atoms with van der Waals surface area (Å²) in [5.41, 5.74) is 0.587. The first-order valence-corrected chi connectivity index (χ1v) is 10.7. The second kappa shape index (κ2) is 9.36. The maximum atomic E-state index is 13.7. The zero-order chi connectivity index (χ0) is 21.8. The zero-order valence-corrected chi connectivity index (χ0v) is 17.8. The molecule has 1 N–H and O–H groups in total. The van der Waals surface area contributed by atoms with Crippen molar-refractivity contribution < 1.29 is 13.6 Å². The number of amides is 1. The van der Waals surface area contributed by atoms with Gasteiger partial charge in [-0.2, -0.15) is 0 Å². The average Bonchev–Trinajstić information content (AvgIpc) is 3.27. The molecule has 4 aromatic rings. The van der Waals surface area contributed by atoms with E-state index in [-0.39, 0.29) is 36.1 Å². The van der Waals surface area contributed by atoms with Crippen LogP contribution < -0.4 is 10.9 Å². The van der Waals surface area contributed by atoms with Crippen molar-refractivity contribution in [1.82, 2.24) is 14.9 Å². The van der Waals surface area contributed by atoms with E-state index in [2.05, 4.69) is 10.3 Å². The molecule has 2 aromatic carbocycles. The lowest BCUT2D eigenvalue weighted by atomic mass is 10.2. The highest BCUT2D eigenvalue weighted by Crippen LogP contribution is 2.21. The number of nitrogens with one attached hydrogen (secondary N) is 1. The highest BCUT2D eigenvalue weighted by Gasteiger charge is 2.15. The van der Waals surface area contributed by atoms with Crippen LogP contribution in [0.4, 0.5) is 4.39 Å². The van der Waals surface area contributed by atoms with Gasteiger partial charge in [-0.05, 0) is 36.4 Å². The largest absolute Gasteiger partial charge is 0.467 e. The molecule has 0 fully saturated rings. The average molecular weight is 458 g/mol. The number of rotatable bonds is 7. The molecule has 0 unspecified atom stereocenters. The van der Waals surface area contributed by atoms with Crippen LogP contribution in [0.15, 0.2) is 75.2 Å². The first kappa shape index (κ1) is 21.1. The van der Waals surface area contributed by atoms with Gasteiger partial charge in [0, 0.05) is 17.1 Å². The van der Waals surface area contributed by atoms with E-state index in [9.17, 15) is 14.0 Å². The number of hydrogen-bond acceptors (Lipinski definition) is 5. The quantitative estimate of drug-likeness (QED) is 0.332. The summed E-state index contributed by atoms with van der Waals surface area (Å²) in [6, 6.07) is 14.6. The van der Waals surface area contributed by atoms with Gasteiger partial charge in [-0.15, -0.1) is 0 Å². The third-order valence-corrected chi connectivity index (χ3v) is 5.75. The van der Waals surface area contributed by atoms with Crippen LogP contribution in [0.1, 0.15) is 11.3 Å². The standard InChI is InChI=1S/C22H17ClFN3O3S/c23-15-7-8-17-19(10-15)26-22(27(21(17)29)12-16-5-3-9-30-16)31-13-20(28)25-11-14-4-1-2-6-18(14)24/h1-10H,11-13H2,(H,25,28). The van der Waals surface area contributed by atoms with E-state index in [4.69, 9.17) is 16.0 Å². The van der Waals surface area contributed by atoms with Gasteiger partial charge in [-0.25, -0.2) is 9.37 Å². The SMILES string of the molecule is O=C(CSc1nc2cc(Cl)ccc2c(=O)n1Cc1ccco1)NCc1ccccc1F. The molecule has 2 aromatic heterocycles. The van der Waals surface area contributed by atoms with Crippen LogP contribution in [0.2, 0.25) is 5.02 Å². The first-order valence-electron chi connectivity index (χ1n) is 9.36. The number of thioether (sulfide) groups is 1. The van der Waals surface area contributed by atoms with Crippen LogP contribution in [-0.2, 0) is 17.9 Å². The van der Waals surface area contributed by atoms with E-state index in [0.29, 0.717) is 32.4 Å². The zero-order valence-electron chi connectivity index (χ0n) is 16.2. The van der Waals surface area contributed by atoms with Gasteiger partial charge in [0.2, 0.25) is 5.91 Å². The maximum absolute atomic E-state index is 13.7. The molecule has 4 rings (SSSR count). The molecule has 158 valence electrons. The lowest BCUT2D eigenvalue weighted by Crippen LogP contribution is -2.27. The van der Waals surface area contributed by atoms with E-state index in [1.54, 1.807) is 48.5 Å². The van der Waals surface area contributed by atoms with E-state index in [1.165, 1.54) is 16.9 Å². The van der Waals surface area contributed by atoms with Crippen LogP contribution in [-0.4, -0.2) is 21.2 Å². The third kappa shape index (κ3) is 4.98. The van der Waals surface area contributed by atoms with Gasteiger partial charge in [0.25, 0.3) is 5.56 Å². The third-order valence-electron chi connectivity index (χ3n) is 4.54. The summed E-state index contributed by atoms with van der Waals surface area (Å²) in [6.07, 6.45) is 1.53. The van der Waals surface area contributed by atoms with Crippen molar-refractivity contribution in [3.8, 4) is 0 Å². The molecule has 0 spiro atoms. The van der Waals surface area contributed by atoms with Crippen LogP contribution in [0, 0.1) is 5.82 Å². The Morgan fingerprint density at radius 1 is 1.19 bits per heavy atom. The van der Waals surface area contributed by atoms with Gasteiger partial charge >= 0.3 is 0 Å². The van der Waals surface area contributed by atoms with Crippen molar-refractivity contribution in [3.63, 3.8) is 0 Å². The molecule has 2 heterocycles. The summed E-state index contributed by atoms with van der Waals surface area (Å²) in [6.45, 7) is 0.253. The van der Waals surface area contributed by atoms with Crippen molar-refractivity contribution in [2.45, 2.75) is 18.2 Å². The number of fused-ring (bicyclic) bond motifs is 1. The van der Waals surface area contributed by atoms with E-state index in [0.717, 1.165) is 11.8 Å². The lowest BCUT2D eigenvalue weighted by molar-refractivity contribution is -0.118. The fourth-order valence-electron chi connectivity index (χ4n) is 3.00. The van der Waals surface area contributed by atoms with Crippen molar-refractivity contribution >= 4 is 40.2 Å². The molecule has 0 aliphatic heterocycles. The Hall–Kier alpha value is -3.10. The molecule has 0 radical (unpaired) electrons. The van der Waals surface area contributed by atoms with Crippen molar-refractivity contribution in [1.29, 1.82) is 0 Å². The number of carbonyl (C=O) groups excluding carboxylic acids is 1. The maximum Gasteiger partial charge on any atom is 0.262 e. The number of aromatic nitrogens is 2. The van der Waals surface area contributed by atoms with Crippen molar-refractivity contribution in [2.24, 2.45) is 0 Å². The minimum Gasteiger partial charge on any atom is -0.467 e. The van der Waals surface area contributed by atoms with Gasteiger partial charge in [0.05, 0.1) is 29.5 Å². The Balaban J connectivity index is 1.55. The van der Waals surface area contributed by atoms with Crippen LogP contribution >= 0.6 is 23.4 Å². The predicted octanol–water partition coefficient (Wildman–Crippen LogP) is 4.24. The molecule has 0 aliphatic rings. The second-order valence-electron chi connectivity index (χ2n) is 6.68. The molecule has 31 heavy (non-hydrogen) atoms. The van der Waals surface area contributed by atoms with E-state index >= 15 is 0 Å². The van der Waals surface area contributed by atoms with Gasteiger partial charge in [0.15, 0.2) is 5.16 Å². The second-order valence-corrected chi connectivity index (χ2v) is 8.06. The summed E-state index contributed by atoms with van der Waals surface area (Å²) in [5, 5.41) is 3.92. The summed E-state index contributed by atoms with van der Waals surface area (Å²) < 4.78 is 20.6. The molecular weight excluding hydrogens is 441 g/mol. The van der Waals surface area contributed by atoms with Crippen molar-refractivity contribution in [3.05, 3.63) is 93.4 Å². The van der Waals surface area contributed by atoms with Gasteiger partial charge in [-0.3, -0.25) is 14.2 Å². The summed E-state index contributed by atoms with van der Waals surface area (Å²) >= 11 is 7.17. The summed E-state index contributed by atoms with van der Waals surface area (Å²) in [7, 11) is 0. The number of hydrogen-bond donors (Lipinski definition) is 1. The fraction of sp³-hybridized carbons (Fsp3) is 0.136. The minimum atomic E-state index is -0.379. The Labute approximate surface area is 186 Å². The fourth-order valence-corrected chi connectivity index (χ4v) is 3.99. The molecule has 0 saturated carbocycles. The van der Waals surface area contributed by atoms with Crippen LogP contribution in [0.5, 0.6) is 0 Å². The molecule has 9 heteroatoms. The van der Waals surface area contributed by atoms with Crippen molar-refractivity contribution in [2.75, 3.05) is 5.75 Å². The molecule has 0 saturated heterocycles. The van der Waals surface area contributed by atoms with E-state index in [1.807, 2.05) is 0 Å². The number of halogens is 2. The number of carbonyl (C=O) groups is 1. The predicted molar refractivity (Wildman–Crippen MR) is 118 cm³/mol. The molecule has 0 atom stereocenters. The smallest absolute Gasteiger partial charge is 0.262 e. The molecule has 0 bridgehead atoms.